The van der Waals surface area contributed by atoms with Crippen LogP contribution in [-0.2, 0) is 0 Å². The van der Waals surface area contributed by atoms with E-state index in [1.54, 1.807) is 0 Å². The molecule has 0 aromatic rings. The fourth-order valence-corrected chi connectivity index (χ4v) is 4.07. The van der Waals surface area contributed by atoms with Gasteiger partial charge >= 0.3 is 0 Å². The summed E-state index contributed by atoms with van der Waals surface area (Å²) in [5, 5.41) is 0. The van der Waals surface area contributed by atoms with E-state index in [1.807, 2.05) is 0 Å². The second kappa shape index (κ2) is 7.69. The van der Waals surface area contributed by atoms with Gasteiger partial charge in [-0.3, -0.25) is 9.98 Å². The Hall–Kier alpha value is -0.740. The molecule has 3 rings (SSSR count). The van der Waals surface area contributed by atoms with Crippen LogP contribution in [0.4, 0.5) is 0 Å². The highest BCUT2D eigenvalue weighted by Gasteiger charge is 2.22. The quantitative estimate of drug-likeness (QED) is 0.689. The second-order valence-electron chi connectivity index (χ2n) is 7.42. The molecule has 0 amide bonds. The first-order valence-corrected chi connectivity index (χ1v) is 9.20. The van der Waals surface area contributed by atoms with Gasteiger partial charge in [-0.1, -0.05) is 0 Å². The van der Waals surface area contributed by atoms with Crippen LogP contribution in [-0.4, -0.2) is 72.6 Å². The van der Waals surface area contributed by atoms with Crippen molar-refractivity contribution in [2.45, 2.75) is 64.5 Å². The molecule has 3 aliphatic rings. The zero-order valence-corrected chi connectivity index (χ0v) is 14.4. The normalized spacial score (nSPS) is 37.7. The summed E-state index contributed by atoms with van der Waals surface area (Å²) in [4.78, 5) is 15.3. The number of aliphatic imine (C=N–C) groups is 2. The number of fused-ring (bicyclic) bond motifs is 4. The van der Waals surface area contributed by atoms with Crippen molar-refractivity contribution >= 4 is 11.4 Å². The molecule has 0 spiro atoms. The molecule has 0 saturated carbocycles. The lowest BCUT2D eigenvalue weighted by Crippen LogP contribution is -2.41. The summed E-state index contributed by atoms with van der Waals surface area (Å²) >= 11 is 0. The first-order valence-electron chi connectivity index (χ1n) is 9.20. The van der Waals surface area contributed by atoms with Gasteiger partial charge in [-0.15, -0.1) is 0 Å². The third-order valence-electron chi connectivity index (χ3n) is 5.35. The standard InChI is InChI=1S/C18H32N4/c1-15-7-11-21-9-4-6-18(14-21)20-16(2)8-12-22-10-3-5-17(13-22)19-15/h17-18H,3-14H2,1-2H3. The van der Waals surface area contributed by atoms with Gasteiger partial charge in [-0.2, -0.15) is 0 Å². The van der Waals surface area contributed by atoms with Gasteiger partial charge in [0.25, 0.3) is 0 Å². The van der Waals surface area contributed by atoms with Crippen LogP contribution in [0.3, 0.4) is 0 Å². The molecular weight excluding hydrogens is 272 g/mol. The van der Waals surface area contributed by atoms with Crippen molar-refractivity contribution in [3.8, 4) is 0 Å². The van der Waals surface area contributed by atoms with E-state index in [1.165, 1.54) is 50.2 Å². The molecule has 2 saturated heterocycles. The molecule has 0 aromatic carbocycles. The zero-order chi connectivity index (χ0) is 15.4. The third kappa shape index (κ3) is 4.63. The molecule has 0 N–H and O–H groups in total. The number of rotatable bonds is 0. The van der Waals surface area contributed by atoms with Crippen LogP contribution < -0.4 is 0 Å². The molecule has 0 aliphatic carbocycles. The van der Waals surface area contributed by atoms with Gasteiger partial charge in [0, 0.05) is 37.6 Å². The maximum atomic E-state index is 5.03. The second-order valence-corrected chi connectivity index (χ2v) is 7.42. The van der Waals surface area contributed by atoms with Crippen molar-refractivity contribution < 1.29 is 0 Å². The molecule has 22 heavy (non-hydrogen) atoms. The van der Waals surface area contributed by atoms with Gasteiger partial charge < -0.3 is 9.80 Å². The monoisotopic (exact) mass is 304 g/mol. The molecule has 4 bridgehead atoms. The van der Waals surface area contributed by atoms with Gasteiger partial charge in [0.1, 0.15) is 0 Å². The maximum Gasteiger partial charge on any atom is 0.0626 e. The predicted molar refractivity (Wildman–Crippen MR) is 94.4 cm³/mol. The molecule has 4 unspecified atom stereocenters. The fraction of sp³-hybridized carbons (Fsp3) is 0.889. The Labute approximate surface area is 135 Å². The SMILES string of the molecule is CC1=NC2CCCN(CCC(C)=NC3CCCN(CC1)C3)C2. The van der Waals surface area contributed by atoms with E-state index in [2.05, 4.69) is 23.6 Å². The zero-order valence-electron chi connectivity index (χ0n) is 14.4. The van der Waals surface area contributed by atoms with Crippen LogP contribution in [0.5, 0.6) is 0 Å². The maximum absolute atomic E-state index is 5.03. The van der Waals surface area contributed by atoms with Gasteiger partial charge in [-0.05, 0) is 65.5 Å². The Morgan fingerprint density at radius 3 is 1.64 bits per heavy atom. The van der Waals surface area contributed by atoms with Crippen LogP contribution in [0.2, 0.25) is 0 Å². The molecular formula is C18H32N4. The minimum atomic E-state index is 0.531. The van der Waals surface area contributed by atoms with Crippen LogP contribution in [0, 0.1) is 0 Å². The van der Waals surface area contributed by atoms with Crippen molar-refractivity contribution in [1.29, 1.82) is 0 Å². The van der Waals surface area contributed by atoms with E-state index in [0.29, 0.717) is 12.1 Å². The van der Waals surface area contributed by atoms with E-state index in [0.717, 1.165) is 39.0 Å². The number of nitrogens with zero attached hydrogens (tertiary/aromatic N) is 4. The van der Waals surface area contributed by atoms with E-state index in [4.69, 9.17) is 9.98 Å². The van der Waals surface area contributed by atoms with Crippen molar-refractivity contribution in [1.82, 2.24) is 9.80 Å². The van der Waals surface area contributed by atoms with E-state index in [9.17, 15) is 0 Å². The minimum Gasteiger partial charge on any atom is -0.301 e. The minimum absolute atomic E-state index is 0.531. The summed E-state index contributed by atoms with van der Waals surface area (Å²) in [6.45, 7) is 11.6. The summed E-state index contributed by atoms with van der Waals surface area (Å²) in [7, 11) is 0. The van der Waals surface area contributed by atoms with Gasteiger partial charge in [0.2, 0.25) is 0 Å². The molecule has 4 heteroatoms. The molecule has 0 radical (unpaired) electrons. The fourth-order valence-electron chi connectivity index (χ4n) is 4.07. The lowest BCUT2D eigenvalue weighted by molar-refractivity contribution is 0.208. The first-order chi connectivity index (χ1) is 10.7. The van der Waals surface area contributed by atoms with Crippen LogP contribution in [0.15, 0.2) is 9.98 Å². The van der Waals surface area contributed by atoms with Crippen molar-refractivity contribution in [3.63, 3.8) is 0 Å². The summed E-state index contributed by atoms with van der Waals surface area (Å²) < 4.78 is 0. The average Bonchev–Trinajstić information content (AvgIpc) is 2.51. The highest BCUT2D eigenvalue weighted by atomic mass is 15.2. The summed E-state index contributed by atoms with van der Waals surface area (Å²) in [6.07, 6.45) is 7.40. The topological polar surface area (TPSA) is 31.2 Å². The Kier molecular flexibility index (Phi) is 5.64. The van der Waals surface area contributed by atoms with Gasteiger partial charge in [0.05, 0.1) is 12.1 Å². The molecule has 3 aliphatic heterocycles. The third-order valence-corrected chi connectivity index (χ3v) is 5.35. The number of hydrogen-bond donors (Lipinski definition) is 0. The van der Waals surface area contributed by atoms with E-state index < -0.39 is 0 Å². The van der Waals surface area contributed by atoms with Crippen molar-refractivity contribution in [2.24, 2.45) is 9.98 Å². The molecule has 0 aromatic heterocycles. The highest BCUT2D eigenvalue weighted by molar-refractivity contribution is 5.82. The van der Waals surface area contributed by atoms with Crippen LogP contribution in [0.25, 0.3) is 0 Å². The van der Waals surface area contributed by atoms with Crippen molar-refractivity contribution in [2.75, 3.05) is 39.3 Å². The Morgan fingerprint density at radius 1 is 0.727 bits per heavy atom. The number of piperidine rings is 2. The smallest absolute Gasteiger partial charge is 0.0626 e. The Balaban J connectivity index is 1.71. The lowest BCUT2D eigenvalue weighted by atomic mass is 10.0. The first kappa shape index (κ1) is 16.1. The van der Waals surface area contributed by atoms with Gasteiger partial charge in [0.15, 0.2) is 0 Å². The Bertz CT molecular complexity index is 389. The van der Waals surface area contributed by atoms with Crippen LogP contribution >= 0.6 is 0 Å². The summed E-state index contributed by atoms with van der Waals surface area (Å²) in [6, 6.07) is 1.06. The summed E-state index contributed by atoms with van der Waals surface area (Å²) in [5.41, 5.74) is 2.71. The van der Waals surface area contributed by atoms with Crippen LogP contribution in [0.1, 0.15) is 52.4 Å². The summed E-state index contributed by atoms with van der Waals surface area (Å²) in [5.74, 6) is 0. The molecule has 4 nitrogen and oxygen atoms in total. The molecule has 4 atom stereocenters. The lowest BCUT2D eigenvalue weighted by Gasteiger charge is -2.33. The highest BCUT2D eigenvalue weighted by Crippen LogP contribution is 2.17. The van der Waals surface area contributed by atoms with Crippen molar-refractivity contribution in [3.05, 3.63) is 0 Å². The molecule has 124 valence electrons. The molecule has 3 heterocycles. The average molecular weight is 304 g/mol. The van der Waals surface area contributed by atoms with E-state index >= 15 is 0 Å². The van der Waals surface area contributed by atoms with Gasteiger partial charge in [-0.25, -0.2) is 0 Å². The molecule has 2 fully saturated rings. The predicted octanol–water partition coefficient (Wildman–Crippen LogP) is 2.63. The largest absolute Gasteiger partial charge is 0.301 e. The number of hydrogen-bond acceptors (Lipinski definition) is 4. The van der Waals surface area contributed by atoms with E-state index in [-0.39, 0.29) is 0 Å². The Morgan fingerprint density at radius 2 is 1.18 bits per heavy atom.